The third-order valence-corrected chi connectivity index (χ3v) is 4.91. The largest absolute Gasteiger partial charge is 0.481 e. The molecule has 104 valence electrons. The van der Waals surface area contributed by atoms with Gasteiger partial charge in [-0.05, 0) is 35.3 Å². The molecular weight excluding hydrogens is 258 g/mol. The summed E-state index contributed by atoms with van der Waals surface area (Å²) < 4.78 is 0. The van der Waals surface area contributed by atoms with Gasteiger partial charge in [0.15, 0.2) is 0 Å². The van der Waals surface area contributed by atoms with Crippen molar-refractivity contribution in [3.8, 4) is 0 Å². The van der Waals surface area contributed by atoms with E-state index >= 15 is 0 Å². The first kappa shape index (κ1) is 14.4. The molecule has 0 spiro atoms. The molecule has 1 heterocycles. The van der Waals surface area contributed by atoms with Gasteiger partial charge in [-0.25, -0.2) is 4.98 Å². The number of hydrogen-bond donors (Lipinski definition) is 1. The van der Waals surface area contributed by atoms with Crippen molar-refractivity contribution in [1.82, 2.24) is 4.98 Å². The predicted molar refractivity (Wildman–Crippen MR) is 77.6 cm³/mol. The van der Waals surface area contributed by atoms with Crippen LogP contribution in [0.5, 0.6) is 0 Å². The summed E-state index contributed by atoms with van der Waals surface area (Å²) >= 11 is 1.68. The van der Waals surface area contributed by atoms with Crippen molar-refractivity contribution in [3.63, 3.8) is 0 Å². The second kappa shape index (κ2) is 5.16. The molecule has 2 rings (SSSR count). The van der Waals surface area contributed by atoms with Gasteiger partial charge in [-0.3, -0.25) is 4.79 Å². The Hall–Kier alpha value is -1.03. The Morgan fingerprint density at radius 1 is 1.42 bits per heavy atom. The maximum Gasteiger partial charge on any atom is 0.303 e. The zero-order valence-electron chi connectivity index (χ0n) is 11.8. The number of aromatic nitrogens is 1. The lowest BCUT2D eigenvalue weighted by Gasteiger charge is -2.18. The highest BCUT2D eigenvalue weighted by Gasteiger charge is 2.44. The van der Waals surface area contributed by atoms with Crippen molar-refractivity contribution in [2.75, 3.05) is 5.75 Å². The van der Waals surface area contributed by atoms with E-state index in [1.54, 1.807) is 11.8 Å². The van der Waals surface area contributed by atoms with Gasteiger partial charge in [0.1, 0.15) is 0 Å². The van der Waals surface area contributed by atoms with Crippen molar-refractivity contribution in [2.24, 2.45) is 5.41 Å². The molecule has 1 aliphatic rings. The minimum absolute atomic E-state index is 0.0286. The van der Waals surface area contributed by atoms with Crippen molar-refractivity contribution < 1.29 is 9.90 Å². The molecular formula is C15H21NO2S. The van der Waals surface area contributed by atoms with Crippen LogP contribution in [0.25, 0.3) is 0 Å². The lowest BCUT2D eigenvalue weighted by Crippen LogP contribution is -2.12. The molecule has 1 fully saturated rings. The van der Waals surface area contributed by atoms with Crippen molar-refractivity contribution >= 4 is 17.7 Å². The SMILES string of the molecule is CC(C)(C)c1ccc(SCC2(CC(=O)O)CC2)nc1. The zero-order valence-corrected chi connectivity index (χ0v) is 12.6. The van der Waals surface area contributed by atoms with Gasteiger partial charge < -0.3 is 5.11 Å². The molecule has 1 aliphatic carbocycles. The first-order chi connectivity index (χ1) is 8.81. The van der Waals surface area contributed by atoms with E-state index in [0.29, 0.717) is 6.42 Å². The number of thioether (sulfide) groups is 1. The standard InChI is InChI=1S/C15H21NO2S/c1-14(2,3)11-4-5-12(16-9-11)19-10-15(6-7-15)8-13(17)18/h4-5,9H,6-8,10H2,1-3H3,(H,17,18). The van der Waals surface area contributed by atoms with Crippen molar-refractivity contribution in [3.05, 3.63) is 23.9 Å². The quantitative estimate of drug-likeness (QED) is 0.834. The van der Waals surface area contributed by atoms with E-state index < -0.39 is 5.97 Å². The lowest BCUT2D eigenvalue weighted by molar-refractivity contribution is -0.138. The van der Waals surface area contributed by atoms with E-state index in [9.17, 15) is 4.79 Å². The Kier molecular flexibility index (Phi) is 3.90. The highest BCUT2D eigenvalue weighted by Crippen LogP contribution is 2.51. The number of aliphatic carboxylic acids is 1. The molecule has 0 aromatic carbocycles. The van der Waals surface area contributed by atoms with E-state index in [1.807, 2.05) is 12.3 Å². The molecule has 0 bridgehead atoms. The van der Waals surface area contributed by atoms with Gasteiger partial charge in [-0.2, -0.15) is 0 Å². The Bertz CT molecular complexity index is 458. The summed E-state index contributed by atoms with van der Waals surface area (Å²) in [5.74, 6) is 0.176. The number of hydrogen-bond acceptors (Lipinski definition) is 3. The van der Waals surface area contributed by atoms with Gasteiger partial charge in [-0.1, -0.05) is 26.8 Å². The zero-order chi connectivity index (χ0) is 14.1. The van der Waals surface area contributed by atoms with E-state index in [-0.39, 0.29) is 10.8 Å². The molecule has 1 saturated carbocycles. The predicted octanol–water partition coefficient (Wildman–Crippen LogP) is 3.73. The topological polar surface area (TPSA) is 50.2 Å². The summed E-state index contributed by atoms with van der Waals surface area (Å²) in [7, 11) is 0. The van der Waals surface area contributed by atoms with E-state index in [4.69, 9.17) is 5.11 Å². The van der Waals surface area contributed by atoms with Crippen LogP contribution in [0.1, 0.15) is 45.6 Å². The minimum atomic E-state index is -0.686. The summed E-state index contributed by atoms with van der Waals surface area (Å²) in [4.78, 5) is 15.3. The Morgan fingerprint density at radius 3 is 2.53 bits per heavy atom. The molecule has 0 aliphatic heterocycles. The smallest absolute Gasteiger partial charge is 0.303 e. The summed E-state index contributed by atoms with van der Waals surface area (Å²) in [5, 5.41) is 9.88. The molecule has 1 N–H and O–H groups in total. The van der Waals surface area contributed by atoms with Crippen LogP contribution in [0.3, 0.4) is 0 Å². The van der Waals surface area contributed by atoms with Gasteiger partial charge in [0.2, 0.25) is 0 Å². The van der Waals surface area contributed by atoms with Gasteiger partial charge in [0.25, 0.3) is 0 Å². The second-order valence-corrected chi connectivity index (χ2v) is 7.49. The number of rotatable bonds is 5. The van der Waals surface area contributed by atoms with Gasteiger partial charge in [0, 0.05) is 11.9 Å². The average Bonchev–Trinajstić information content (AvgIpc) is 3.05. The molecule has 3 nitrogen and oxygen atoms in total. The number of nitrogens with zero attached hydrogens (tertiary/aromatic N) is 1. The van der Waals surface area contributed by atoms with Crippen LogP contribution in [0.2, 0.25) is 0 Å². The van der Waals surface area contributed by atoms with Crippen LogP contribution in [0.4, 0.5) is 0 Å². The van der Waals surface area contributed by atoms with Crippen LogP contribution in [-0.2, 0) is 10.2 Å². The van der Waals surface area contributed by atoms with Gasteiger partial charge in [0.05, 0.1) is 11.4 Å². The summed E-state index contributed by atoms with van der Waals surface area (Å²) in [5.41, 5.74) is 1.38. The lowest BCUT2D eigenvalue weighted by atomic mass is 9.88. The van der Waals surface area contributed by atoms with Crippen molar-refractivity contribution in [1.29, 1.82) is 0 Å². The molecule has 1 aromatic heterocycles. The normalized spacial score (nSPS) is 17.2. The Morgan fingerprint density at radius 2 is 2.11 bits per heavy atom. The fourth-order valence-corrected chi connectivity index (χ4v) is 3.14. The first-order valence-electron chi connectivity index (χ1n) is 6.62. The fraction of sp³-hybridized carbons (Fsp3) is 0.600. The number of carboxylic acids is 1. The maximum absolute atomic E-state index is 10.8. The Balaban J connectivity index is 1.92. The Labute approximate surface area is 118 Å². The van der Waals surface area contributed by atoms with E-state index in [1.165, 1.54) is 5.56 Å². The second-order valence-electron chi connectivity index (χ2n) is 6.49. The van der Waals surface area contributed by atoms with Crippen LogP contribution < -0.4 is 0 Å². The van der Waals surface area contributed by atoms with Crippen LogP contribution in [0, 0.1) is 5.41 Å². The maximum atomic E-state index is 10.8. The number of carboxylic acid groups (broad SMARTS) is 1. The highest BCUT2D eigenvalue weighted by molar-refractivity contribution is 7.99. The van der Waals surface area contributed by atoms with Crippen LogP contribution >= 0.6 is 11.8 Å². The molecule has 4 heteroatoms. The third kappa shape index (κ3) is 3.96. The van der Waals surface area contributed by atoms with Crippen LogP contribution in [0.15, 0.2) is 23.4 Å². The minimum Gasteiger partial charge on any atom is -0.481 e. The summed E-state index contributed by atoms with van der Waals surface area (Å²) in [6.45, 7) is 6.51. The third-order valence-electron chi connectivity index (χ3n) is 3.61. The van der Waals surface area contributed by atoms with Crippen LogP contribution in [-0.4, -0.2) is 21.8 Å². The number of pyridine rings is 1. The fourth-order valence-electron chi connectivity index (χ4n) is 2.01. The van der Waals surface area contributed by atoms with E-state index in [2.05, 4.69) is 31.8 Å². The first-order valence-corrected chi connectivity index (χ1v) is 7.61. The monoisotopic (exact) mass is 279 g/mol. The molecule has 1 aromatic rings. The van der Waals surface area contributed by atoms with E-state index in [0.717, 1.165) is 23.6 Å². The number of carbonyl (C=O) groups is 1. The molecule has 0 radical (unpaired) electrons. The highest BCUT2D eigenvalue weighted by atomic mass is 32.2. The van der Waals surface area contributed by atoms with Gasteiger partial charge in [-0.15, -0.1) is 11.8 Å². The summed E-state index contributed by atoms with van der Waals surface area (Å²) in [6.07, 6.45) is 4.29. The van der Waals surface area contributed by atoms with Gasteiger partial charge >= 0.3 is 5.97 Å². The molecule has 0 amide bonds. The molecule has 0 atom stereocenters. The molecule has 19 heavy (non-hydrogen) atoms. The molecule has 0 unspecified atom stereocenters. The summed E-state index contributed by atoms with van der Waals surface area (Å²) in [6, 6.07) is 4.16. The average molecular weight is 279 g/mol. The van der Waals surface area contributed by atoms with Crippen molar-refractivity contribution in [2.45, 2.75) is 50.5 Å². The molecule has 0 saturated heterocycles.